The first kappa shape index (κ1) is 41.3. The summed E-state index contributed by atoms with van der Waals surface area (Å²) in [6.45, 7) is 16.6. The van der Waals surface area contributed by atoms with Gasteiger partial charge in [-0.25, -0.2) is 0 Å². The third-order valence-corrected chi connectivity index (χ3v) is 5.96. The number of allylic oxidation sites excluding steroid dienone is 4. The standard InChI is InChI=1S/C23H24F2N2O2.C12H20N2O.CH3F/c1-16(14-21(26-4)23(3,24)25)22(27-5)28-17(2)18-10-9-13-20(15-18)29-19-11-7-6-8-12-19;1-4-10(2)5-6-11(3)7-8-14-12(15)9-13;1-2/h6-15H,2H2,1,3-5H3;4-5H,1,3,6-9,13H2,2H3,(H,14,15);1H3/b16-14+,26-21?,27-22?;;. The molecule has 0 aliphatic carbocycles. The molecule has 250 valence electrons. The van der Waals surface area contributed by atoms with Crippen molar-refractivity contribution in [2.75, 3.05) is 34.4 Å². The largest absolute Gasteiger partial charge is 0.457 e. The van der Waals surface area contributed by atoms with Gasteiger partial charge in [-0.1, -0.05) is 73.4 Å². The van der Waals surface area contributed by atoms with Gasteiger partial charge in [0, 0.05) is 38.7 Å². The zero-order valence-electron chi connectivity index (χ0n) is 27.7. The lowest BCUT2D eigenvalue weighted by Crippen LogP contribution is -2.31. The number of alkyl halides is 3. The molecule has 0 fully saturated rings. The number of halogens is 3. The average Bonchev–Trinajstić information content (AvgIpc) is 3.05. The Labute approximate surface area is 271 Å². The molecule has 0 aliphatic heterocycles. The fourth-order valence-electron chi connectivity index (χ4n) is 3.43. The highest BCUT2D eigenvalue weighted by Crippen LogP contribution is 2.26. The van der Waals surface area contributed by atoms with Crippen LogP contribution in [0.25, 0.3) is 5.76 Å². The zero-order valence-corrected chi connectivity index (χ0v) is 27.7. The predicted molar refractivity (Wildman–Crippen MR) is 186 cm³/mol. The molecule has 0 heterocycles. The molecule has 10 heteroatoms. The first-order chi connectivity index (χ1) is 21.8. The van der Waals surface area contributed by atoms with Gasteiger partial charge in [0.25, 0.3) is 5.92 Å². The Kier molecular flexibility index (Phi) is 20.4. The minimum absolute atomic E-state index is 0.0436. The number of carbonyl (C=O) groups excluding carboxylic acids is 1. The summed E-state index contributed by atoms with van der Waals surface area (Å²) in [5.74, 6) is -1.37. The molecule has 2 aromatic carbocycles. The molecule has 0 aromatic heterocycles. The monoisotopic (exact) mass is 640 g/mol. The number of amides is 1. The highest BCUT2D eigenvalue weighted by molar-refractivity contribution is 6.07. The van der Waals surface area contributed by atoms with E-state index in [0.29, 0.717) is 42.1 Å². The summed E-state index contributed by atoms with van der Waals surface area (Å²) in [7, 11) is 3.33. The smallest absolute Gasteiger partial charge is 0.286 e. The number of nitrogens with one attached hydrogen (secondary N) is 1. The van der Waals surface area contributed by atoms with Crippen molar-refractivity contribution in [2.24, 2.45) is 15.7 Å². The lowest BCUT2D eigenvalue weighted by molar-refractivity contribution is -0.119. The lowest BCUT2D eigenvalue weighted by Gasteiger charge is -2.14. The third kappa shape index (κ3) is 17.0. The number of hydrogen-bond acceptors (Lipinski definition) is 6. The maximum absolute atomic E-state index is 13.6. The number of benzene rings is 2. The molecular weight excluding hydrogens is 593 g/mol. The summed E-state index contributed by atoms with van der Waals surface area (Å²) in [6.07, 6.45) is 6.75. The molecule has 0 atom stereocenters. The van der Waals surface area contributed by atoms with Crippen molar-refractivity contribution in [2.45, 2.75) is 39.5 Å². The quantitative estimate of drug-likeness (QED) is 0.0714. The van der Waals surface area contributed by atoms with Crippen molar-refractivity contribution >= 4 is 23.3 Å². The topological polar surface area (TPSA) is 98.3 Å². The van der Waals surface area contributed by atoms with Crippen LogP contribution in [0, 0.1) is 0 Å². The van der Waals surface area contributed by atoms with E-state index in [4.69, 9.17) is 15.2 Å². The second-order valence-corrected chi connectivity index (χ2v) is 9.73. The zero-order chi connectivity index (χ0) is 35.1. The minimum Gasteiger partial charge on any atom is -0.457 e. The summed E-state index contributed by atoms with van der Waals surface area (Å²) in [5, 5.41) is 2.70. The Morgan fingerprint density at radius 1 is 1.02 bits per heavy atom. The van der Waals surface area contributed by atoms with E-state index >= 15 is 0 Å². The number of carbonyl (C=O) groups is 1. The maximum atomic E-state index is 13.6. The van der Waals surface area contributed by atoms with Crippen molar-refractivity contribution in [1.82, 2.24) is 5.32 Å². The van der Waals surface area contributed by atoms with Crippen LogP contribution in [0.3, 0.4) is 0 Å². The normalized spacial score (nSPS) is 12.0. The number of nitrogens with zero attached hydrogens (tertiary/aromatic N) is 2. The van der Waals surface area contributed by atoms with Gasteiger partial charge in [-0.15, -0.1) is 0 Å². The van der Waals surface area contributed by atoms with Crippen LogP contribution in [0.15, 0.2) is 119 Å². The Hall–Kier alpha value is -4.70. The number of ether oxygens (including phenoxy) is 2. The van der Waals surface area contributed by atoms with Crippen molar-refractivity contribution in [3.8, 4) is 11.5 Å². The van der Waals surface area contributed by atoms with E-state index in [1.54, 1.807) is 13.0 Å². The number of aliphatic imine (C=N–C) groups is 2. The van der Waals surface area contributed by atoms with Gasteiger partial charge in [0.05, 0.1) is 13.7 Å². The van der Waals surface area contributed by atoms with Gasteiger partial charge in [0.2, 0.25) is 11.8 Å². The van der Waals surface area contributed by atoms with Crippen LogP contribution in [0.5, 0.6) is 11.5 Å². The van der Waals surface area contributed by atoms with E-state index in [-0.39, 0.29) is 24.1 Å². The molecule has 0 bridgehead atoms. The van der Waals surface area contributed by atoms with E-state index in [2.05, 4.69) is 41.1 Å². The van der Waals surface area contributed by atoms with Crippen molar-refractivity contribution in [3.63, 3.8) is 0 Å². The molecule has 2 aromatic rings. The Balaban J connectivity index is 0.00000101. The van der Waals surface area contributed by atoms with Crippen molar-refractivity contribution < 1.29 is 27.4 Å². The molecule has 0 saturated heterocycles. The van der Waals surface area contributed by atoms with Crippen LogP contribution >= 0.6 is 0 Å². The second-order valence-electron chi connectivity index (χ2n) is 9.73. The Bertz CT molecular complexity index is 1390. The molecule has 0 saturated carbocycles. The second kappa shape index (κ2) is 22.8. The van der Waals surface area contributed by atoms with Crippen LogP contribution in [0.4, 0.5) is 13.2 Å². The van der Waals surface area contributed by atoms with Gasteiger partial charge >= 0.3 is 0 Å². The van der Waals surface area contributed by atoms with E-state index in [9.17, 15) is 18.0 Å². The first-order valence-electron chi connectivity index (χ1n) is 14.4. The molecule has 0 aliphatic rings. The highest BCUT2D eigenvalue weighted by Gasteiger charge is 2.27. The highest BCUT2D eigenvalue weighted by atomic mass is 19.3. The van der Waals surface area contributed by atoms with Gasteiger partial charge in [0.1, 0.15) is 23.0 Å². The number of nitrogens with two attached hydrogens (primary N) is 1. The molecule has 3 N–H and O–H groups in total. The van der Waals surface area contributed by atoms with Gasteiger partial charge < -0.3 is 20.5 Å². The minimum atomic E-state index is -3.06. The molecule has 1 amide bonds. The summed E-state index contributed by atoms with van der Waals surface area (Å²) < 4.78 is 48.2. The fourth-order valence-corrected chi connectivity index (χ4v) is 3.43. The van der Waals surface area contributed by atoms with Crippen LogP contribution in [-0.2, 0) is 9.53 Å². The molecule has 7 nitrogen and oxygen atoms in total. The molecule has 46 heavy (non-hydrogen) atoms. The Morgan fingerprint density at radius 2 is 1.65 bits per heavy atom. The van der Waals surface area contributed by atoms with E-state index in [0.717, 1.165) is 30.9 Å². The van der Waals surface area contributed by atoms with E-state index < -0.39 is 5.92 Å². The number of para-hydroxylation sites is 1. The van der Waals surface area contributed by atoms with Crippen LogP contribution in [0.2, 0.25) is 0 Å². The molecule has 0 radical (unpaired) electrons. The first-order valence-corrected chi connectivity index (χ1v) is 14.4. The van der Waals surface area contributed by atoms with Crippen molar-refractivity contribution in [1.29, 1.82) is 0 Å². The van der Waals surface area contributed by atoms with Gasteiger partial charge in [0.15, 0.2) is 0 Å². The fraction of sp³-hybridized carbons (Fsp3) is 0.306. The van der Waals surface area contributed by atoms with E-state index in [1.165, 1.54) is 20.2 Å². The summed E-state index contributed by atoms with van der Waals surface area (Å²) in [6, 6.07) is 16.6. The van der Waals surface area contributed by atoms with Gasteiger partial charge in [-0.3, -0.25) is 19.2 Å². The van der Waals surface area contributed by atoms with Crippen LogP contribution in [0.1, 0.15) is 39.2 Å². The molecule has 2 rings (SSSR count). The van der Waals surface area contributed by atoms with E-state index in [1.807, 2.05) is 61.5 Å². The SMILES string of the molecule is C=C(OC(=NC)/C(C)=C/C(=NC)C(C)(F)F)c1cccc(Oc2ccccc2)c1.C=CC(C)=CCC(=C)CCNC(=O)CN.CF. The van der Waals surface area contributed by atoms with Gasteiger partial charge in [-0.2, -0.15) is 8.78 Å². The molecular formula is C36H47F3N4O3. The molecule has 0 spiro atoms. The van der Waals surface area contributed by atoms with Crippen molar-refractivity contribution in [3.05, 3.63) is 115 Å². The lowest BCUT2D eigenvalue weighted by atomic mass is 10.1. The summed E-state index contributed by atoms with van der Waals surface area (Å²) in [5.41, 5.74) is 8.11. The van der Waals surface area contributed by atoms with Crippen LogP contribution in [-0.4, -0.2) is 57.8 Å². The Morgan fingerprint density at radius 3 is 2.20 bits per heavy atom. The predicted octanol–water partition coefficient (Wildman–Crippen LogP) is 8.28. The number of rotatable bonds is 14. The summed E-state index contributed by atoms with van der Waals surface area (Å²) in [4.78, 5) is 18.5. The maximum Gasteiger partial charge on any atom is 0.286 e. The summed E-state index contributed by atoms with van der Waals surface area (Å²) >= 11 is 0. The van der Waals surface area contributed by atoms with Gasteiger partial charge in [-0.05, 0) is 57.0 Å². The number of hydrogen-bond donors (Lipinski definition) is 2. The third-order valence-electron chi connectivity index (χ3n) is 5.96. The molecule has 0 unspecified atom stereocenters. The van der Waals surface area contributed by atoms with Crippen LogP contribution < -0.4 is 15.8 Å². The average molecular weight is 641 g/mol.